The quantitative estimate of drug-likeness (QED) is 0.158. The van der Waals surface area contributed by atoms with Gasteiger partial charge in [0, 0.05) is 12.0 Å². The normalized spacial score (nSPS) is 15.9. The average Bonchev–Trinajstić information content (AvgIpc) is 3.64. The highest BCUT2D eigenvalue weighted by molar-refractivity contribution is 6.74. The summed E-state index contributed by atoms with van der Waals surface area (Å²) in [7, 11) is 4.01. The van der Waals surface area contributed by atoms with Crippen molar-refractivity contribution in [2.24, 2.45) is 0 Å². The van der Waals surface area contributed by atoms with Gasteiger partial charge in [0.1, 0.15) is 22.8 Å². The van der Waals surface area contributed by atoms with Crippen molar-refractivity contribution >= 4 is 19.8 Å². The number of benzene rings is 1. The molecule has 2 unspecified atom stereocenters. The Labute approximate surface area is 256 Å². The number of pyridine rings is 1. The molecule has 1 aliphatic rings. The van der Waals surface area contributed by atoms with E-state index in [-0.39, 0.29) is 17.2 Å². The molecule has 1 aliphatic carbocycles. The number of aromatic nitrogens is 2. The Hall–Kier alpha value is -3.08. The zero-order valence-electron chi connectivity index (χ0n) is 27.4. The molecule has 0 amide bonds. The van der Waals surface area contributed by atoms with E-state index < -0.39 is 20.4 Å². The Morgan fingerprint density at radius 3 is 2.12 bits per heavy atom. The lowest BCUT2D eigenvalue weighted by Crippen LogP contribution is -2.45. The van der Waals surface area contributed by atoms with Crippen LogP contribution in [-0.2, 0) is 20.3 Å². The maximum atomic E-state index is 12.6. The lowest BCUT2D eigenvalue weighted by molar-refractivity contribution is -0.0709. The predicted octanol–water partition coefficient (Wildman–Crippen LogP) is 7.09. The maximum absolute atomic E-state index is 12.6. The molecule has 4 rings (SSSR count). The zero-order valence-corrected chi connectivity index (χ0v) is 28.4. The van der Waals surface area contributed by atoms with Crippen LogP contribution in [0.25, 0.3) is 5.52 Å². The lowest BCUT2D eigenvalue weighted by atomic mass is 9.98. The number of rotatable bonds is 12. The highest BCUT2D eigenvalue weighted by Gasteiger charge is 2.42. The summed E-state index contributed by atoms with van der Waals surface area (Å²) >= 11 is 0. The molecule has 0 saturated heterocycles. The minimum atomic E-state index is -2.30. The summed E-state index contributed by atoms with van der Waals surface area (Å²) in [4.78, 5) is 12.6. The van der Waals surface area contributed by atoms with Crippen molar-refractivity contribution in [1.29, 1.82) is 0 Å². The highest BCUT2D eigenvalue weighted by Crippen LogP contribution is 2.44. The molecule has 1 aromatic carbocycles. The van der Waals surface area contributed by atoms with Crippen LogP contribution < -0.4 is 14.2 Å². The number of fused-ring (bicyclic) bond motifs is 1. The van der Waals surface area contributed by atoms with Crippen LogP contribution in [0.1, 0.15) is 79.9 Å². The summed E-state index contributed by atoms with van der Waals surface area (Å²) in [5.41, 5.74) is 3.62. The van der Waals surface area contributed by atoms with Crippen molar-refractivity contribution in [2.75, 3.05) is 28.4 Å². The fraction of sp³-hybridized carbons (Fsp3) is 0.576. The third-order valence-electron chi connectivity index (χ3n) is 9.00. The van der Waals surface area contributed by atoms with Crippen molar-refractivity contribution in [2.45, 2.75) is 96.2 Å². The fourth-order valence-electron chi connectivity index (χ4n) is 5.46. The first-order chi connectivity index (χ1) is 20.3. The Balaban J connectivity index is 1.87. The number of carbonyl (C=O) groups is 1. The van der Waals surface area contributed by atoms with Gasteiger partial charge in [-0.25, -0.2) is 9.31 Å². The lowest BCUT2D eigenvalue weighted by Gasteiger charge is -2.42. The van der Waals surface area contributed by atoms with E-state index in [1.54, 1.807) is 38.0 Å². The standard InChI is InChI=1S/C33H48N2O7Si/c1-21-28(38-6)17-22(18-29(21)39-7)31(42-43(9,10)33(2,3)4)30(41-24-13-11-12-14-24)20-23-19-26-27(37-5)16-15-25(32(36)40-8)35(26)34-23/h15-19,24,30-31H,11-14,20H2,1-10H3. The second-order valence-corrected chi connectivity index (χ2v) is 17.6. The molecule has 0 spiro atoms. The van der Waals surface area contributed by atoms with Crippen LogP contribution in [0.2, 0.25) is 18.1 Å². The molecular formula is C33H48N2O7Si. The van der Waals surface area contributed by atoms with Gasteiger partial charge in [-0.05, 0) is 73.8 Å². The van der Waals surface area contributed by atoms with Crippen LogP contribution in [-0.4, -0.2) is 64.5 Å². The first-order valence-electron chi connectivity index (χ1n) is 15.0. The Morgan fingerprint density at radius 1 is 0.977 bits per heavy atom. The van der Waals surface area contributed by atoms with Crippen LogP contribution in [0.4, 0.5) is 0 Å². The van der Waals surface area contributed by atoms with Crippen molar-refractivity contribution in [3.8, 4) is 17.2 Å². The minimum absolute atomic E-state index is 0.0338. The second-order valence-electron chi connectivity index (χ2n) is 12.8. The number of hydrogen-bond donors (Lipinski definition) is 0. The zero-order chi connectivity index (χ0) is 31.5. The van der Waals surface area contributed by atoms with Gasteiger partial charge in [0.25, 0.3) is 0 Å². The molecule has 1 fully saturated rings. The largest absolute Gasteiger partial charge is 0.496 e. The van der Waals surface area contributed by atoms with Crippen LogP contribution in [0.3, 0.4) is 0 Å². The van der Waals surface area contributed by atoms with Crippen LogP contribution >= 0.6 is 0 Å². The van der Waals surface area contributed by atoms with Crippen molar-refractivity contribution < 1.29 is 32.9 Å². The molecule has 2 aromatic heterocycles. The average molecular weight is 613 g/mol. The number of methoxy groups -OCH3 is 4. The molecule has 236 valence electrons. The van der Waals surface area contributed by atoms with Crippen LogP contribution in [0.15, 0.2) is 30.3 Å². The van der Waals surface area contributed by atoms with E-state index >= 15 is 0 Å². The molecule has 2 atom stereocenters. The van der Waals surface area contributed by atoms with Gasteiger partial charge in [-0.15, -0.1) is 0 Å². The van der Waals surface area contributed by atoms with Crippen LogP contribution in [0, 0.1) is 6.92 Å². The van der Waals surface area contributed by atoms with Gasteiger partial charge < -0.3 is 28.1 Å². The molecular weight excluding hydrogens is 564 g/mol. The maximum Gasteiger partial charge on any atom is 0.356 e. The number of hydrogen-bond acceptors (Lipinski definition) is 8. The van der Waals surface area contributed by atoms with Crippen molar-refractivity contribution in [3.63, 3.8) is 0 Å². The summed E-state index contributed by atoms with van der Waals surface area (Å²) in [6.07, 6.45) is 4.10. The SMILES string of the molecule is COC(=O)c1ccc(OC)c2cc(CC(OC3CCCC3)C(O[Si](C)(C)C(C)(C)C)c3cc(OC)c(C)c(OC)c3)nn12. The first kappa shape index (κ1) is 32.8. The first-order valence-corrected chi connectivity index (χ1v) is 17.9. The van der Waals surface area contributed by atoms with Crippen LogP contribution in [0.5, 0.6) is 17.2 Å². The van der Waals surface area contributed by atoms with E-state index in [0.29, 0.717) is 23.4 Å². The Morgan fingerprint density at radius 2 is 1.58 bits per heavy atom. The fourth-order valence-corrected chi connectivity index (χ4v) is 6.74. The molecule has 43 heavy (non-hydrogen) atoms. The third kappa shape index (κ3) is 7.02. The summed E-state index contributed by atoms with van der Waals surface area (Å²) in [6.45, 7) is 13.2. The third-order valence-corrected chi connectivity index (χ3v) is 13.5. The topological polar surface area (TPSA) is 89.8 Å². The van der Waals surface area contributed by atoms with E-state index in [4.69, 9.17) is 33.2 Å². The molecule has 3 aromatic rings. The van der Waals surface area contributed by atoms with Gasteiger partial charge in [0.05, 0.1) is 52.4 Å². The number of ether oxygens (including phenoxy) is 5. The molecule has 0 aliphatic heterocycles. The van der Waals surface area contributed by atoms with E-state index in [1.807, 2.05) is 25.1 Å². The summed E-state index contributed by atoms with van der Waals surface area (Å²) in [5, 5.41) is 4.84. The molecule has 1 saturated carbocycles. The Kier molecular flexibility index (Phi) is 10.1. The molecule has 9 nitrogen and oxygen atoms in total. The van der Waals surface area contributed by atoms with Gasteiger partial charge in [-0.1, -0.05) is 33.6 Å². The van der Waals surface area contributed by atoms with Crippen molar-refractivity contribution in [3.05, 3.63) is 52.8 Å². The van der Waals surface area contributed by atoms with E-state index in [2.05, 4.69) is 33.9 Å². The minimum Gasteiger partial charge on any atom is -0.496 e. The second kappa shape index (κ2) is 13.3. The van der Waals surface area contributed by atoms with Gasteiger partial charge in [0.15, 0.2) is 14.0 Å². The summed E-state index contributed by atoms with van der Waals surface area (Å²) in [6, 6.07) is 9.46. The summed E-state index contributed by atoms with van der Waals surface area (Å²) in [5.74, 6) is 1.61. The van der Waals surface area contributed by atoms with Gasteiger partial charge >= 0.3 is 5.97 Å². The van der Waals surface area contributed by atoms with E-state index in [1.165, 1.54) is 7.11 Å². The molecule has 2 heterocycles. The number of carbonyl (C=O) groups excluding carboxylic acids is 1. The smallest absolute Gasteiger partial charge is 0.356 e. The van der Waals surface area contributed by atoms with E-state index in [9.17, 15) is 4.79 Å². The molecule has 0 bridgehead atoms. The van der Waals surface area contributed by atoms with Gasteiger partial charge in [0.2, 0.25) is 0 Å². The van der Waals surface area contributed by atoms with Gasteiger partial charge in [-0.3, -0.25) is 0 Å². The molecule has 0 N–H and O–H groups in total. The number of esters is 1. The van der Waals surface area contributed by atoms with Crippen molar-refractivity contribution in [1.82, 2.24) is 9.61 Å². The number of nitrogens with zero attached hydrogens (tertiary/aromatic N) is 2. The predicted molar refractivity (Wildman–Crippen MR) is 169 cm³/mol. The van der Waals surface area contributed by atoms with Gasteiger partial charge in [-0.2, -0.15) is 5.10 Å². The monoisotopic (exact) mass is 612 g/mol. The summed E-state index contributed by atoms with van der Waals surface area (Å²) < 4.78 is 38.0. The molecule has 0 radical (unpaired) electrons. The highest BCUT2D eigenvalue weighted by atomic mass is 28.4. The Bertz CT molecular complexity index is 1400. The molecule has 10 heteroatoms. The van der Waals surface area contributed by atoms with E-state index in [0.717, 1.165) is 54.0 Å².